The van der Waals surface area contributed by atoms with Gasteiger partial charge in [-0.05, 0) is 12.8 Å². The number of nitro groups is 1. The van der Waals surface area contributed by atoms with Crippen molar-refractivity contribution < 1.29 is 28.9 Å². The van der Waals surface area contributed by atoms with E-state index in [1.165, 1.54) is 0 Å². The minimum absolute atomic E-state index is 0.0274. The van der Waals surface area contributed by atoms with Crippen LogP contribution >= 0.6 is 0 Å². The molecule has 0 spiro atoms. The molecule has 0 aliphatic heterocycles. The molecular weight excluding hydrogens is 366 g/mol. The molecule has 150 valence electrons. The highest BCUT2D eigenvalue weighted by molar-refractivity contribution is 5.94. The second-order valence-electron chi connectivity index (χ2n) is 5.19. The normalized spacial score (nSPS) is 13.5. The Morgan fingerprint density at radius 1 is 1.56 bits per heavy atom. The lowest BCUT2D eigenvalue weighted by molar-refractivity contribution is -0.525. The zero-order chi connectivity index (χ0) is 20.4. The van der Waals surface area contributed by atoms with E-state index in [4.69, 9.17) is 21.0 Å². The second kappa shape index (κ2) is 10.7. The Labute approximate surface area is 153 Å². The number of nitrogens with one attached hydrogen (secondary N) is 2. The van der Waals surface area contributed by atoms with E-state index < -0.39 is 35.6 Å². The maximum absolute atomic E-state index is 12.2. The molecule has 0 fully saturated rings. The number of aliphatic imine (C=N–C) groups is 1. The van der Waals surface area contributed by atoms with Gasteiger partial charge >= 0.3 is 5.97 Å². The lowest BCUT2D eigenvalue weighted by Gasteiger charge is -2.15. The quantitative estimate of drug-likeness (QED) is 0.0724. The first-order valence-electron chi connectivity index (χ1n) is 7.70. The van der Waals surface area contributed by atoms with Gasteiger partial charge in [-0.2, -0.15) is 0 Å². The maximum Gasteiger partial charge on any atom is 0.328 e. The van der Waals surface area contributed by atoms with E-state index in [0.29, 0.717) is 0 Å². The Bertz CT molecular complexity index is 690. The van der Waals surface area contributed by atoms with Crippen molar-refractivity contribution in [2.24, 2.45) is 16.5 Å². The van der Waals surface area contributed by atoms with Crippen molar-refractivity contribution in [2.75, 3.05) is 20.3 Å². The van der Waals surface area contributed by atoms with Crippen molar-refractivity contribution >= 4 is 17.8 Å². The number of aliphatic hydroxyl groups is 1. The van der Waals surface area contributed by atoms with Crippen LogP contribution in [-0.4, -0.2) is 59.3 Å². The second-order valence-corrected chi connectivity index (χ2v) is 5.19. The highest BCUT2D eigenvalue weighted by Gasteiger charge is 2.24. The van der Waals surface area contributed by atoms with Crippen LogP contribution in [0, 0.1) is 10.1 Å². The number of methoxy groups -OCH3 is 1. The third-order valence-electron chi connectivity index (χ3n) is 3.20. The number of aromatic nitrogens is 1. The summed E-state index contributed by atoms with van der Waals surface area (Å²) >= 11 is 0. The summed E-state index contributed by atoms with van der Waals surface area (Å²) in [6, 6.07) is -1.88. The number of esters is 1. The lowest BCUT2D eigenvalue weighted by Crippen LogP contribution is -2.42. The van der Waals surface area contributed by atoms with Gasteiger partial charge in [0.1, 0.15) is 18.3 Å². The highest BCUT2D eigenvalue weighted by atomic mass is 16.7. The van der Waals surface area contributed by atoms with E-state index in [0.717, 1.165) is 13.4 Å². The monoisotopic (exact) mass is 387 g/mol. The predicted octanol–water partition coefficient (Wildman–Crippen LogP) is -2.19. The van der Waals surface area contributed by atoms with Gasteiger partial charge in [-0.3, -0.25) is 4.79 Å². The van der Waals surface area contributed by atoms with Gasteiger partial charge in [0.2, 0.25) is 5.89 Å². The predicted molar refractivity (Wildman–Crippen MR) is 89.6 cm³/mol. The molecule has 14 heteroatoms. The number of ether oxygens (including phenoxy) is 1. The first-order valence-corrected chi connectivity index (χ1v) is 7.70. The van der Waals surface area contributed by atoms with Crippen LogP contribution < -0.4 is 22.2 Å². The number of aliphatic hydroxyl groups excluding tert-OH is 1. The molecule has 0 radical (unpaired) electrons. The van der Waals surface area contributed by atoms with Crippen molar-refractivity contribution in [3.05, 3.63) is 28.0 Å². The summed E-state index contributed by atoms with van der Waals surface area (Å²) in [7, 11) is 1.16. The number of hydrazine groups is 1. The number of amides is 1. The minimum Gasteiger partial charge on any atom is -0.467 e. The topological polar surface area (TPSA) is 221 Å². The van der Waals surface area contributed by atoms with Gasteiger partial charge < -0.3 is 31.0 Å². The number of hydrogen-bond donors (Lipinski definition) is 5. The zero-order valence-electron chi connectivity index (χ0n) is 14.5. The van der Waals surface area contributed by atoms with Crippen LogP contribution in [0.1, 0.15) is 35.3 Å². The van der Waals surface area contributed by atoms with Crippen LogP contribution in [-0.2, 0) is 9.53 Å². The number of nitrogens with zero attached hydrogens (tertiary/aromatic N) is 3. The molecule has 1 rings (SSSR count). The van der Waals surface area contributed by atoms with E-state index in [2.05, 4.69) is 20.0 Å². The smallest absolute Gasteiger partial charge is 0.328 e. The number of carbonyl (C=O) groups is 2. The maximum atomic E-state index is 12.2. The molecule has 0 saturated heterocycles. The van der Waals surface area contributed by atoms with Gasteiger partial charge in [0.25, 0.3) is 11.9 Å². The Morgan fingerprint density at radius 2 is 2.26 bits per heavy atom. The summed E-state index contributed by atoms with van der Waals surface area (Å²) in [6.45, 7) is -0.336. The number of hydrogen-bond acceptors (Lipinski definition) is 10. The summed E-state index contributed by atoms with van der Waals surface area (Å²) in [4.78, 5) is 41.7. The molecule has 0 saturated carbocycles. The third kappa shape index (κ3) is 7.25. The Hall–Kier alpha value is -3.26. The van der Waals surface area contributed by atoms with Crippen LogP contribution in [0.5, 0.6) is 0 Å². The fraction of sp³-hybridized carbons (Fsp3) is 0.538. The van der Waals surface area contributed by atoms with Crippen molar-refractivity contribution in [2.45, 2.75) is 24.9 Å². The van der Waals surface area contributed by atoms with Gasteiger partial charge in [0.15, 0.2) is 10.7 Å². The number of guanidine groups is 1. The van der Waals surface area contributed by atoms with Crippen molar-refractivity contribution in [1.82, 2.24) is 15.7 Å². The van der Waals surface area contributed by atoms with Crippen LogP contribution in [0.2, 0.25) is 0 Å². The number of oxazole rings is 1. The van der Waals surface area contributed by atoms with E-state index in [-0.39, 0.29) is 36.9 Å². The van der Waals surface area contributed by atoms with Crippen molar-refractivity contribution in [1.29, 1.82) is 0 Å². The first-order chi connectivity index (χ1) is 12.8. The van der Waals surface area contributed by atoms with Gasteiger partial charge in [0.05, 0.1) is 13.7 Å². The molecule has 2 unspecified atom stereocenters. The van der Waals surface area contributed by atoms with Crippen molar-refractivity contribution in [3.8, 4) is 0 Å². The standard InChI is InChI=1S/C13H21N7O7/c1-26-12(23)8(3-2-4-16-13(15)19-20(24)25)17-10(22)9-6-27-11(18-9)7(14)5-21/h6-8,21H,2-5,14H2,1H3,(H,17,22)(H3,15,16,19). The molecule has 0 bridgehead atoms. The summed E-state index contributed by atoms with van der Waals surface area (Å²) in [6.07, 6.45) is 1.46. The number of carbonyl (C=O) groups excluding carboxylic acids is 2. The number of nitrogens with two attached hydrogens (primary N) is 2. The first kappa shape index (κ1) is 21.8. The van der Waals surface area contributed by atoms with E-state index in [1.54, 1.807) is 5.43 Å². The lowest BCUT2D eigenvalue weighted by atomic mass is 10.1. The SMILES string of the molecule is COC(=O)C(CCCN=C(N)N[N+](=O)[O-])NC(=O)c1coc(C(N)CO)n1. The minimum atomic E-state index is -1.01. The van der Waals surface area contributed by atoms with E-state index >= 15 is 0 Å². The van der Waals surface area contributed by atoms with Crippen LogP contribution in [0.15, 0.2) is 15.7 Å². The summed E-state index contributed by atoms with van der Waals surface area (Å²) in [5.74, 6) is -1.81. The Balaban J connectivity index is 2.64. The molecule has 7 N–H and O–H groups in total. The van der Waals surface area contributed by atoms with Gasteiger partial charge in [-0.25, -0.2) is 24.9 Å². The van der Waals surface area contributed by atoms with E-state index in [1.807, 2.05) is 0 Å². The molecule has 0 aliphatic rings. The number of rotatable bonds is 10. The molecule has 2 atom stereocenters. The van der Waals surface area contributed by atoms with Crippen LogP contribution in [0.4, 0.5) is 0 Å². The molecule has 0 aromatic carbocycles. The highest BCUT2D eigenvalue weighted by Crippen LogP contribution is 2.10. The van der Waals surface area contributed by atoms with Gasteiger partial charge in [0, 0.05) is 6.54 Å². The molecule has 1 aromatic heterocycles. The summed E-state index contributed by atoms with van der Waals surface area (Å²) < 4.78 is 9.62. The van der Waals surface area contributed by atoms with Crippen molar-refractivity contribution in [3.63, 3.8) is 0 Å². The molecule has 27 heavy (non-hydrogen) atoms. The summed E-state index contributed by atoms with van der Waals surface area (Å²) in [5.41, 5.74) is 12.3. The van der Waals surface area contributed by atoms with E-state index in [9.17, 15) is 19.7 Å². The molecular formula is C13H21N7O7. The molecule has 0 aliphatic carbocycles. The molecule has 1 amide bonds. The zero-order valence-corrected chi connectivity index (χ0v) is 14.5. The Morgan fingerprint density at radius 3 is 2.85 bits per heavy atom. The van der Waals surface area contributed by atoms with Crippen LogP contribution in [0.25, 0.3) is 0 Å². The van der Waals surface area contributed by atoms with Crippen LogP contribution in [0.3, 0.4) is 0 Å². The Kier molecular flexibility index (Phi) is 8.61. The average molecular weight is 387 g/mol. The largest absolute Gasteiger partial charge is 0.467 e. The van der Waals surface area contributed by atoms with Gasteiger partial charge in [-0.1, -0.05) is 5.43 Å². The molecule has 1 heterocycles. The van der Waals surface area contributed by atoms with Gasteiger partial charge in [-0.15, -0.1) is 0 Å². The average Bonchev–Trinajstić information content (AvgIpc) is 3.12. The summed E-state index contributed by atoms with van der Waals surface area (Å²) in [5, 5.41) is 20.7. The third-order valence-corrected chi connectivity index (χ3v) is 3.20. The fourth-order valence-electron chi connectivity index (χ4n) is 1.89. The molecule has 1 aromatic rings. The fourth-order valence-corrected chi connectivity index (χ4v) is 1.89. The molecule has 14 nitrogen and oxygen atoms in total.